The van der Waals surface area contributed by atoms with E-state index < -0.39 is 0 Å². The molecule has 1 heterocycles. The molecule has 1 saturated carbocycles. The Kier molecular flexibility index (Phi) is 5.54. The Morgan fingerprint density at radius 2 is 1.96 bits per heavy atom. The minimum absolute atomic E-state index is 0.0462. The zero-order valence-electron chi connectivity index (χ0n) is 14.6. The Bertz CT molecular complexity index is 599. The Balaban J connectivity index is 1.88. The van der Waals surface area contributed by atoms with Crippen molar-refractivity contribution in [3.8, 4) is 0 Å². The lowest BCUT2D eigenvalue weighted by molar-refractivity contribution is -0.128. The SMILES string of the molecule is Cc1cccc(C(=O)N2CCCCCNC(=O)[C@@H]3CCCC[C@@H]32)c1. The summed E-state index contributed by atoms with van der Waals surface area (Å²) >= 11 is 0. The third kappa shape index (κ3) is 3.80. The van der Waals surface area contributed by atoms with Gasteiger partial charge in [-0.15, -0.1) is 0 Å². The topological polar surface area (TPSA) is 49.4 Å². The molecule has 0 bridgehead atoms. The lowest BCUT2D eigenvalue weighted by atomic mass is 9.82. The molecule has 0 radical (unpaired) electrons. The Morgan fingerprint density at radius 3 is 2.79 bits per heavy atom. The summed E-state index contributed by atoms with van der Waals surface area (Å²) in [5.41, 5.74) is 1.84. The van der Waals surface area contributed by atoms with Crippen LogP contribution in [0.2, 0.25) is 0 Å². The fourth-order valence-electron chi connectivity index (χ4n) is 4.08. The van der Waals surface area contributed by atoms with Gasteiger partial charge in [0.1, 0.15) is 0 Å². The van der Waals surface area contributed by atoms with Crippen LogP contribution >= 0.6 is 0 Å². The van der Waals surface area contributed by atoms with E-state index in [1.165, 1.54) is 0 Å². The molecule has 24 heavy (non-hydrogen) atoms. The first-order valence-electron chi connectivity index (χ1n) is 9.32. The fourth-order valence-corrected chi connectivity index (χ4v) is 4.08. The van der Waals surface area contributed by atoms with Crippen LogP contribution in [0.5, 0.6) is 0 Å². The molecule has 1 aromatic carbocycles. The first-order chi connectivity index (χ1) is 11.7. The highest BCUT2D eigenvalue weighted by Gasteiger charge is 2.37. The normalized spacial score (nSPS) is 25.5. The van der Waals surface area contributed by atoms with E-state index in [1.807, 2.05) is 36.1 Å². The van der Waals surface area contributed by atoms with Gasteiger partial charge in [0.05, 0.1) is 5.92 Å². The van der Waals surface area contributed by atoms with Gasteiger partial charge >= 0.3 is 0 Å². The minimum Gasteiger partial charge on any atom is -0.356 e. The number of carbonyl (C=O) groups is 2. The molecule has 2 atom stereocenters. The number of fused-ring (bicyclic) bond motifs is 1. The van der Waals surface area contributed by atoms with Crippen molar-refractivity contribution < 1.29 is 9.59 Å². The Labute approximate surface area is 144 Å². The van der Waals surface area contributed by atoms with Crippen LogP contribution in [0.15, 0.2) is 24.3 Å². The highest BCUT2D eigenvalue weighted by Crippen LogP contribution is 2.30. The maximum Gasteiger partial charge on any atom is 0.254 e. The third-order valence-corrected chi connectivity index (χ3v) is 5.37. The van der Waals surface area contributed by atoms with Gasteiger partial charge in [-0.25, -0.2) is 0 Å². The molecule has 1 N–H and O–H groups in total. The highest BCUT2D eigenvalue weighted by atomic mass is 16.2. The van der Waals surface area contributed by atoms with Gasteiger partial charge in [-0.05, 0) is 51.2 Å². The van der Waals surface area contributed by atoms with Crippen molar-refractivity contribution >= 4 is 11.8 Å². The van der Waals surface area contributed by atoms with Gasteiger partial charge in [-0.2, -0.15) is 0 Å². The van der Waals surface area contributed by atoms with Crippen molar-refractivity contribution in [1.29, 1.82) is 0 Å². The van der Waals surface area contributed by atoms with Gasteiger partial charge in [0.15, 0.2) is 0 Å². The van der Waals surface area contributed by atoms with Crippen LogP contribution in [0.25, 0.3) is 0 Å². The summed E-state index contributed by atoms with van der Waals surface area (Å²) < 4.78 is 0. The van der Waals surface area contributed by atoms with E-state index in [0.29, 0.717) is 0 Å². The van der Waals surface area contributed by atoms with Crippen molar-refractivity contribution in [1.82, 2.24) is 10.2 Å². The van der Waals surface area contributed by atoms with Crippen molar-refractivity contribution in [3.05, 3.63) is 35.4 Å². The second-order valence-corrected chi connectivity index (χ2v) is 7.18. The highest BCUT2D eigenvalue weighted by molar-refractivity contribution is 5.95. The minimum atomic E-state index is -0.0504. The number of rotatable bonds is 1. The molecular formula is C20H28N2O2. The van der Waals surface area contributed by atoms with Gasteiger partial charge in [-0.3, -0.25) is 9.59 Å². The summed E-state index contributed by atoms with van der Waals surface area (Å²) in [6.07, 6.45) is 7.08. The van der Waals surface area contributed by atoms with Gasteiger partial charge < -0.3 is 10.2 Å². The molecule has 1 aromatic rings. The molecule has 3 rings (SSSR count). The molecule has 0 unspecified atom stereocenters. The van der Waals surface area contributed by atoms with E-state index in [4.69, 9.17) is 0 Å². The molecule has 2 amide bonds. The predicted octanol–water partition coefficient (Wildman–Crippen LogP) is 3.30. The summed E-state index contributed by atoms with van der Waals surface area (Å²) in [5, 5.41) is 3.08. The fraction of sp³-hybridized carbons (Fsp3) is 0.600. The second-order valence-electron chi connectivity index (χ2n) is 7.18. The summed E-state index contributed by atoms with van der Waals surface area (Å²) in [7, 11) is 0. The first-order valence-corrected chi connectivity index (χ1v) is 9.32. The standard InChI is InChI=1S/C20H28N2O2/c1-15-8-7-9-16(14-15)20(24)22-13-6-2-5-12-21-19(23)17-10-3-4-11-18(17)22/h7-9,14,17-18H,2-6,10-13H2,1H3,(H,21,23)/t17-,18+/m1/s1. The van der Waals surface area contributed by atoms with Crippen molar-refractivity contribution in [2.75, 3.05) is 13.1 Å². The molecule has 2 fully saturated rings. The number of hydrogen-bond acceptors (Lipinski definition) is 2. The van der Waals surface area contributed by atoms with E-state index in [9.17, 15) is 9.59 Å². The zero-order valence-corrected chi connectivity index (χ0v) is 14.6. The number of nitrogens with one attached hydrogen (secondary N) is 1. The predicted molar refractivity (Wildman–Crippen MR) is 94.8 cm³/mol. The molecule has 0 spiro atoms. The largest absolute Gasteiger partial charge is 0.356 e. The van der Waals surface area contributed by atoms with E-state index in [1.54, 1.807) is 0 Å². The first kappa shape index (κ1) is 17.0. The maximum absolute atomic E-state index is 13.2. The van der Waals surface area contributed by atoms with Crippen molar-refractivity contribution in [2.24, 2.45) is 5.92 Å². The van der Waals surface area contributed by atoms with Crippen LogP contribution in [-0.2, 0) is 4.79 Å². The van der Waals surface area contributed by atoms with Gasteiger partial charge in [-0.1, -0.05) is 30.5 Å². The number of nitrogens with zero attached hydrogens (tertiary/aromatic N) is 1. The van der Waals surface area contributed by atoms with Crippen molar-refractivity contribution in [2.45, 2.75) is 57.9 Å². The number of amides is 2. The monoisotopic (exact) mass is 328 g/mol. The van der Waals surface area contributed by atoms with Crippen LogP contribution < -0.4 is 5.32 Å². The summed E-state index contributed by atoms with van der Waals surface area (Å²) in [4.78, 5) is 27.8. The van der Waals surface area contributed by atoms with Crippen LogP contribution in [0.4, 0.5) is 0 Å². The summed E-state index contributed by atoms with van der Waals surface area (Å²) in [5.74, 6) is 0.179. The maximum atomic E-state index is 13.2. The van der Waals surface area contributed by atoms with Crippen LogP contribution in [0.3, 0.4) is 0 Å². The van der Waals surface area contributed by atoms with Gasteiger partial charge in [0, 0.05) is 24.7 Å². The molecule has 0 aromatic heterocycles. The Morgan fingerprint density at radius 1 is 1.12 bits per heavy atom. The van der Waals surface area contributed by atoms with Crippen molar-refractivity contribution in [3.63, 3.8) is 0 Å². The number of benzene rings is 1. The molecule has 1 aliphatic heterocycles. The lowest BCUT2D eigenvalue weighted by Gasteiger charge is -2.40. The van der Waals surface area contributed by atoms with Crippen LogP contribution in [0, 0.1) is 12.8 Å². The van der Waals surface area contributed by atoms with E-state index in [0.717, 1.165) is 69.2 Å². The van der Waals surface area contributed by atoms with Crippen LogP contribution in [0.1, 0.15) is 60.9 Å². The van der Waals surface area contributed by atoms with E-state index in [2.05, 4.69) is 5.32 Å². The average molecular weight is 328 g/mol. The molecule has 4 nitrogen and oxygen atoms in total. The molecule has 2 aliphatic rings. The summed E-state index contributed by atoms with van der Waals surface area (Å²) in [6.45, 7) is 3.55. The van der Waals surface area contributed by atoms with Crippen LogP contribution in [-0.4, -0.2) is 35.8 Å². The van der Waals surface area contributed by atoms with Gasteiger partial charge in [0.2, 0.25) is 5.91 Å². The smallest absolute Gasteiger partial charge is 0.254 e. The third-order valence-electron chi connectivity index (χ3n) is 5.37. The van der Waals surface area contributed by atoms with E-state index >= 15 is 0 Å². The Hall–Kier alpha value is -1.84. The second kappa shape index (κ2) is 7.82. The number of aryl methyl sites for hydroxylation is 1. The molecule has 4 heteroatoms. The molecule has 1 saturated heterocycles. The molecular weight excluding hydrogens is 300 g/mol. The average Bonchev–Trinajstić information content (AvgIpc) is 2.60. The lowest BCUT2D eigenvalue weighted by Crippen LogP contribution is -2.51. The quantitative estimate of drug-likeness (QED) is 0.860. The zero-order chi connectivity index (χ0) is 16.9. The summed E-state index contributed by atoms with van der Waals surface area (Å²) in [6, 6.07) is 7.85. The van der Waals surface area contributed by atoms with E-state index in [-0.39, 0.29) is 23.8 Å². The van der Waals surface area contributed by atoms with Gasteiger partial charge in [0.25, 0.3) is 5.91 Å². The molecule has 130 valence electrons. The molecule has 1 aliphatic carbocycles. The number of carbonyl (C=O) groups excluding carboxylic acids is 2. The number of hydrogen-bond donors (Lipinski definition) is 1.